The van der Waals surface area contributed by atoms with E-state index in [0.29, 0.717) is 17.1 Å². The third-order valence-electron chi connectivity index (χ3n) is 4.28. The highest BCUT2D eigenvalue weighted by Crippen LogP contribution is 2.38. The number of aromatic nitrogens is 2. The van der Waals surface area contributed by atoms with E-state index in [1.807, 2.05) is 30.3 Å². The van der Waals surface area contributed by atoms with Crippen LogP contribution < -0.4 is 10.2 Å². The number of nitrogens with one attached hydrogen (secondary N) is 2. The van der Waals surface area contributed by atoms with Gasteiger partial charge < -0.3 is 4.74 Å². The Bertz CT molecular complexity index is 1010. The highest BCUT2D eigenvalue weighted by Gasteiger charge is 2.27. The van der Waals surface area contributed by atoms with Crippen molar-refractivity contribution < 1.29 is 9.53 Å². The van der Waals surface area contributed by atoms with Crippen molar-refractivity contribution in [3.05, 3.63) is 69.9 Å². The van der Waals surface area contributed by atoms with Gasteiger partial charge in [-0.3, -0.25) is 9.89 Å². The Morgan fingerprint density at radius 3 is 2.88 bits per heavy atom. The van der Waals surface area contributed by atoms with Crippen LogP contribution in [-0.4, -0.2) is 29.4 Å². The maximum Gasteiger partial charge on any atom is 0.289 e. The molecule has 6 nitrogen and oxygen atoms in total. The molecule has 1 aliphatic carbocycles. The molecule has 3 aromatic rings. The van der Waals surface area contributed by atoms with Crippen molar-refractivity contribution in [3.63, 3.8) is 0 Å². The number of H-pyrrole nitrogens is 1. The first-order chi connectivity index (χ1) is 12.7. The number of carbonyl (C=O) groups is 1. The molecule has 0 spiro atoms. The second-order valence-corrected chi connectivity index (χ2v) is 6.31. The van der Waals surface area contributed by atoms with Gasteiger partial charge in [-0.25, -0.2) is 5.43 Å². The Balaban J connectivity index is 1.51. The topological polar surface area (TPSA) is 79.4 Å². The van der Waals surface area contributed by atoms with Gasteiger partial charge in [0, 0.05) is 22.6 Å². The number of nitrogens with zero attached hydrogens (tertiary/aromatic N) is 2. The monoisotopic (exact) mass is 366 g/mol. The number of hydrogen-bond donors (Lipinski definition) is 2. The van der Waals surface area contributed by atoms with E-state index in [1.54, 1.807) is 25.5 Å². The molecular formula is C19H15ClN4O2. The van der Waals surface area contributed by atoms with Crippen molar-refractivity contribution in [1.82, 2.24) is 15.6 Å². The summed E-state index contributed by atoms with van der Waals surface area (Å²) in [6.45, 7) is 0. The fourth-order valence-electron chi connectivity index (χ4n) is 2.98. The standard InChI is InChI=1S/C19H15ClN4O2/c1-26-14-6-7-15-12(8-14)9-16-17(15)22-23-18(16)19(25)24-21-10-11-2-4-13(20)5-3-11/h2-8,10H,9H2,1H3,(H,22,23)(H,24,25)/b21-10+. The summed E-state index contributed by atoms with van der Waals surface area (Å²) in [4.78, 5) is 12.4. The molecule has 0 fully saturated rings. The predicted octanol–water partition coefficient (Wildman–Crippen LogP) is 3.41. The normalized spacial score (nSPS) is 12.1. The summed E-state index contributed by atoms with van der Waals surface area (Å²) in [5.74, 6) is 0.459. The van der Waals surface area contributed by atoms with Gasteiger partial charge in [0.1, 0.15) is 11.4 Å². The predicted molar refractivity (Wildman–Crippen MR) is 99.9 cm³/mol. The number of fused-ring (bicyclic) bond motifs is 3. The summed E-state index contributed by atoms with van der Waals surface area (Å²) >= 11 is 5.84. The Morgan fingerprint density at radius 1 is 1.31 bits per heavy atom. The maximum atomic E-state index is 12.4. The highest BCUT2D eigenvalue weighted by molar-refractivity contribution is 6.30. The lowest BCUT2D eigenvalue weighted by molar-refractivity contribution is 0.0949. The SMILES string of the molecule is COc1ccc2c(c1)Cc1c-2n[nH]c1C(=O)N/N=C/c1ccc(Cl)cc1. The summed E-state index contributed by atoms with van der Waals surface area (Å²) in [6.07, 6.45) is 2.19. The van der Waals surface area contributed by atoms with E-state index in [9.17, 15) is 4.79 Å². The first-order valence-electron chi connectivity index (χ1n) is 7.99. The molecular weight excluding hydrogens is 352 g/mol. The van der Waals surface area contributed by atoms with Crippen molar-refractivity contribution >= 4 is 23.7 Å². The van der Waals surface area contributed by atoms with Crippen LogP contribution in [0.1, 0.15) is 27.2 Å². The van der Waals surface area contributed by atoms with Gasteiger partial charge in [-0.05, 0) is 41.5 Å². The molecule has 0 atom stereocenters. The molecule has 2 aromatic carbocycles. The zero-order chi connectivity index (χ0) is 18.1. The molecule has 0 radical (unpaired) electrons. The molecule has 4 rings (SSSR count). The molecule has 130 valence electrons. The Hall–Kier alpha value is -3.12. The van der Waals surface area contributed by atoms with Gasteiger partial charge in [0.15, 0.2) is 0 Å². The molecule has 2 N–H and O–H groups in total. The summed E-state index contributed by atoms with van der Waals surface area (Å²) in [7, 11) is 1.63. The number of ether oxygens (including phenoxy) is 1. The maximum absolute atomic E-state index is 12.4. The molecule has 1 heterocycles. The van der Waals surface area contributed by atoms with Gasteiger partial charge >= 0.3 is 0 Å². The lowest BCUT2D eigenvalue weighted by Crippen LogP contribution is -2.19. The fraction of sp³-hybridized carbons (Fsp3) is 0.105. The van der Waals surface area contributed by atoms with E-state index in [0.717, 1.165) is 33.7 Å². The van der Waals surface area contributed by atoms with Crippen LogP contribution in [0.2, 0.25) is 5.02 Å². The lowest BCUT2D eigenvalue weighted by Gasteiger charge is -2.03. The van der Waals surface area contributed by atoms with Crippen molar-refractivity contribution in [2.24, 2.45) is 5.10 Å². The second-order valence-electron chi connectivity index (χ2n) is 5.88. The van der Waals surface area contributed by atoms with E-state index in [2.05, 4.69) is 20.7 Å². The molecule has 0 bridgehead atoms. The number of halogens is 1. The second kappa shape index (κ2) is 6.65. The van der Waals surface area contributed by atoms with Crippen molar-refractivity contribution in [1.29, 1.82) is 0 Å². The molecule has 0 unspecified atom stereocenters. The minimum absolute atomic E-state index is 0.330. The number of methoxy groups -OCH3 is 1. The van der Waals surface area contributed by atoms with E-state index in [4.69, 9.17) is 16.3 Å². The number of benzene rings is 2. The van der Waals surface area contributed by atoms with Crippen LogP contribution in [0.25, 0.3) is 11.3 Å². The van der Waals surface area contributed by atoms with E-state index < -0.39 is 0 Å². The van der Waals surface area contributed by atoms with Gasteiger partial charge in [0.2, 0.25) is 0 Å². The molecule has 26 heavy (non-hydrogen) atoms. The largest absolute Gasteiger partial charge is 0.497 e. The molecule has 0 saturated carbocycles. The molecule has 1 amide bonds. The number of rotatable bonds is 4. The number of hydrogen-bond acceptors (Lipinski definition) is 4. The van der Waals surface area contributed by atoms with Gasteiger partial charge in [-0.15, -0.1) is 0 Å². The van der Waals surface area contributed by atoms with Crippen LogP contribution in [0.4, 0.5) is 0 Å². The summed E-state index contributed by atoms with van der Waals surface area (Å²) in [5.41, 5.74) is 7.56. The zero-order valence-electron chi connectivity index (χ0n) is 13.9. The van der Waals surface area contributed by atoms with Crippen LogP contribution in [0.5, 0.6) is 5.75 Å². The summed E-state index contributed by atoms with van der Waals surface area (Å²) in [5, 5.41) is 11.8. The molecule has 1 aliphatic rings. The average Bonchev–Trinajstić information content (AvgIpc) is 3.21. The van der Waals surface area contributed by atoms with Gasteiger partial charge in [0.05, 0.1) is 19.0 Å². The molecule has 0 saturated heterocycles. The number of amides is 1. The van der Waals surface area contributed by atoms with Crippen molar-refractivity contribution in [2.75, 3.05) is 7.11 Å². The average molecular weight is 367 g/mol. The lowest BCUT2D eigenvalue weighted by atomic mass is 10.1. The Morgan fingerprint density at radius 2 is 2.12 bits per heavy atom. The van der Waals surface area contributed by atoms with Crippen LogP contribution in [0, 0.1) is 0 Å². The van der Waals surface area contributed by atoms with E-state index in [1.165, 1.54) is 0 Å². The minimum Gasteiger partial charge on any atom is -0.497 e. The number of hydrazone groups is 1. The van der Waals surface area contributed by atoms with Crippen LogP contribution in [0.3, 0.4) is 0 Å². The number of aromatic amines is 1. The quantitative estimate of drug-likeness (QED) is 0.429. The zero-order valence-corrected chi connectivity index (χ0v) is 14.7. The fourth-order valence-corrected chi connectivity index (χ4v) is 3.11. The van der Waals surface area contributed by atoms with Gasteiger partial charge in [-0.2, -0.15) is 10.2 Å². The summed E-state index contributed by atoms with van der Waals surface area (Å²) < 4.78 is 5.26. The van der Waals surface area contributed by atoms with E-state index >= 15 is 0 Å². The highest BCUT2D eigenvalue weighted by atomic mass is 35.5. The van der Waals surface area contributed by atoms with Crippen molar-refractivity contribution in [2.45, 2.75) is 6.42 Å². The Labute approximate surface area is 154 Å². The van der Waals surface area contributed by atoms with Gasteiger partial charge in [-0.1, -0.05) is 23.7 Å². The van der Waals surface area contributed by atoms with E-state index in [-0.39, 0.29) is 5.91 Å². The Kier molecular flexibility index (Phi) is 4.18. The first kappa shape index (κ1) is 16.4. The number of carbonyl (C=O) groups excluding carboxylic acids is 1. The molecule has 1 aromatic heterocycles. The smallest absolute Gasteiger partial charge is 0.289 e. The first-order valence-corrected chi connectivity index (χ1v) is 8.37. The third-order valence-corrected chi connectivity index (χ3v) is 4.53. The molecule has 7 heteroatoms. The van der Waals surface area contributed by atoms with Crippen LogP contribution >= 0.6 is 11.6 Å². The summed E-state index contributed by atoms with van der Waals surface area (Å²) in [6, 6.07) is 13.0. The minimum atomic E-state index is -0.330. The van der Waals surface area contributed by atoms with Crippen molar-refractivity contribution in [3.8, 4) is 17.0 Å². The van der Waals surface area contributed by atoms with Gasteiger partial charge in [0.25, 0.3) is 5.91 Å². The molecule has 0 aliphatic heterocycles. The third kappa shape index (κ3) is 2.95. The van der Waals surface area contributed by atoms with Crippen LogP contribution in [0.15, 0.2) is 47.6 Å². The van der Waals surface area contributed by atoms with Crippen LogP contribution in [-0.2, 0) is 6.42 Å².